The second-order valence-corrected chi connectivity index (χ2v) is 6.47. The van der Waals surface area contributed by atoms with Crippen molar-refractivity contribution >= 4 is 18.3 Å². The number of methoxy groups -OCH3 is 1. The number of halogens is 1. The normalized spacial score (nSPS) is 19.2. The van der Waals surface area contributed by atoms with E-state index in [1.54, 1.807) is 7.11 Å². The highest BCUT2D eigenvalue weighted by Gasteiger charge is 2.31. The number of aromatic amines is 1. The Morgan fingerprint density at radius 2 is 2.12 bits per heavy atom. The molecular formula is C18H23ClN4O2. The maximum absolute atomic E-state index is 12.9. The van der Waals surface area contributed by atoms with Crippen LogP contribution in [-0.2, 0) is 13.0 Å². The number of hydrogen-bond donors (Lipinski definition) is 2. The number of fused-ring (bicyclic) bond motifs is 1. The monoisotopic (exact) mass is 362 g/mol. The molecule has 1 saturated heterocycles. The fourth-order valence-corrected chi connectivity index (χ4v) is 3.64. The molecule has 1 aromatic carbocycles. The standard InChI is InChI=1S/C18H22N4O2.ClH/c1-24-14-4-2-12(3-5-14)13-7-9-22(11-13)18(23)17-15-10-19-8-6-16(15)20-21-17;/h2-5,13,19H,6-11H2,1H3,(H,20,21);1H. The van der Waals surface area contributed by atoms with Gasteiger partial charge < -0.3 is 15.0 Å². The first-order valence-electron chi connectivity index (χ1n) is 8.46. The van der Waals surface area contributed by atoms with Gasteiger partial charge in [-0.3, -0.25) is 9.89 Å². The molecule has 25 heavy (non-hydrogen) atoms. The molecule has 2 aliphatic rings. The van der Waals surface area contributed by atoms with Crippen LogP contribution in [0.2, 0.25) is 0 Å². The van der Waals surface area contributed by atoms with E-state index >= 15 is 0 Å². The van der Waals surface area contributed by atoms with Crippen molar-refractivity contribution in [3.63, 3.8) is 0 Å². The van der Waals surface area contributed by atoms with Gasteiger partial charge >= 0.3 is 0 Å². The lowest BCUT2D eigenvalue weighted by atomic mass is 9.98. The van der Waals surface area contributed by atoms with Crippen molar-refractivity contribution in [2.45, 2.75) is 25.3 Å². The van der Waals surface area contributed by atoms with Gasteiger partial charge in [-0.15, -0.1) is 12.4 Å². The average Bonchev–Trinajstić information content (AvgIpc) is 3.28. The van der Waals surface area contributed by atoms with Crippen molar-refractivity contribution in [2.75, 3.05) is 26.7 Å². The number of ether oxygens (including phenoxy) is 1. The van der Waals surface area contributed by atoms with Gasteiger partial charge in [-0.05, 0) is 24.1 Å². The first-order valence-corrected chi connectivity index (χ1v) is 8.46. The molecule has 0 aliphatic carbocycles. The Morgan fingerprint density at radius 3 is 2.88 bits per heavy atom. The number of H-pyrrole nitrogens is 1. The summed E-state index contributed by atoms with van der Waals surface area (Å²) < 4.78 is 5.21. The molecule has 1 amide bonds. The molecule has 1 atom stereocenters. The van der Waals surface area contributed by atoms with E-state index < -0.39 is 0 Å². The summed E-state index contributed by atoms with van der Waals surface area (Å²) >= 11 is 0. The molecule has 0 spiro atoms. The van der Waals surface area contributed by atoms with Gasteiger partial charge in [0, 0.05) is 49.8 Å². The Labute approximate surface area is 153 Å². The average molecular weight is 363 g/mol. The smallest absolute Gasteiger partial charge is 0.274 e. The minimum absolute atomic E-state index is 0. The molecule has 7 heteroatoms. The van der Waals surface area contributed by atoms with Crippen LogP contribution in [0.5, 0.6) is 5.75 Å². The highest BCUT2D eigenvalue weighted by Crippen LogP contribution is 2.30. The van der Waals surface area contributed by atoms with E-state index in [1.807, 2.05) is 17.0 Å². The van der Waals surface area contributed by atoms with Crippen molar-refractivity contribution < 1.29 is 9.53 Å². The molecule has 3 heterocycles. The molecule has 1 aromatic heterocycles. The van der Waals surface area contributed by atoms with E-state index in [4.69, 9.17) is 4.74 Å². The Kier molecular flexibility index (Phi) is 5.30. The summed E-state index contributed by atoms with van der Waals surface area (Å²) in [6.07, 6.45) is 1.90. The third-order valence-corrected chi connectivity index (χ3v) is 5.07. The van der Waals surface area contributed by atoms with Crippen molar-refractivity contribution in [3.05, 3.63) is 46.8 Å². The summed E-state index contributed by atoms with van der Waals surface area (Å²) in [5.74, 6) is 1.29. The molecule has 2 aliphatic heterocycles. The molecule has 4 rings (SSSR count). The third kappa shape index (κ3) is 3.37. The van der Waals surface area contributed by atoms with Crippen molar-refractivity contribution in [1.82, 2.24) is 20.4 Å². The Hall–Kier alpha value is -2.05. The van der Waals surface area contributed by atoms with Crippen LogP contribution in [0.4, 0.5) is 0 Å². The molecule has 0 saturated carbocycles. The molecule has 0 radical (unpaired) electrons. The largest absolute Gasteiger partial charge is 0.497 e. The van der Waals surface area contributed by atoms with Gasteiger partial charge in [0.1, 0.15) is 5.75 Å². The number of nitrogens with zero attached hydrogens (tertiary/aromatic N) is 2. The Bertz CT molecular complexity index is 744. The van der Waals surface area contributed by atoms with Crippen molar-refractivity contribution in [2.24, 2.45) is 0 Å². The molecule has 2 N–H and O–H groups in total. The van der Waals surface area contributed by atoms with Gasteiger partial charge in [-0.2, -0.15) is 5.10 Å². The van der Waals surface area contributed by atoms with E-state index in [9.17, 15) is 4.79 Å². The fraction of sp³-hybridized carbons (Fsp3) is 0.444. The first-order chi connectivity index (χ1) is 11.8. The Morgan fingerprint density at radius 1 is 1.32 bits per heavy atom. The fourth-order valence-electron chi connectivity index (χ4n) is 3.64. The van der Waals surface area contributed by atoms with Gasteiger partial charge in [0.15, 0.2) is 5.69 Å². The summed E-state index contributed by atoms with van der Waals surface area (Å²) in [4.78, 5) is 14.8. The van der Waals surface area contributed by atoms with Gasteiger partial charge in [0.25, 0.3) is 5.91 Å². The summed E-state index contributed by atoms with van der Waals surface area (Å²) in [5.41, 5.74) is 3.99. The third-order valence-electron chi connectivity index (χ3n) is 5.07. The van der Waals surface area contributed by atoms with Gasteiger partial charge in [-0.25, -0.2) is 0 Å². The zero-order valence-electron chi connectivity index (χ0n) is 14.2. The number of rotatable bonds is 3. The molecule has 1 fully saturated rings. The van der Waals surface area contributed by atoms with E-state index in [0.29, 0.717) is 11.6 Å². The van der Waals surface area contributed by atoms with Crippen LogP contribution in [0.1, 0.15) is 39.6 Å². The first kappa shape index (κ1) is 17.8. The number of benzene rings is 1. The van der Waals surface area contributed by atoms with Crippen LogP contribution in [0.25, 0.3) is 0 Å². The van der Waals surface area contributed by atoms with Gasteiger partial charge in [0.05, 0.1) is 7.11 Å². The Balaban J connectivity index is 0.00000182. The van der Waals surface area contributed by atoms with Crippen LogP contribution in [0.3, 0.4) is 0 Å². The van der Waals surface area contributed by atoms with E-state index in [2.05, 4.69) is 27.6 Å². The molecular weight excluding hydrogens is 340 g/mol. The minimum Gasteiger partial charge on any atom is -0.497 e. The van der Waals surface area contributed by atoms with Crippen molar-refractivity contribution in [1.29, 1.82) is 0 Å². The number of amides is 1. The second kappa shape index (κ2) is 7.45. The van der Waals surface area contributed by atoms with Crippen LogP contribution < -0.4 is 10.1 Å². The molecule has 6 nitrogen and oxygen atoms in total. The number of hydrogen-bond acceptors (Lipinski definition) is 4. The summed E-state index contributed by atoms with van der Waals surface area (Å²) in [5, 5.41) is 10.6. The van der Waals surface area contributed by atoms with Gasteiger partial charge in [0.2, 0.25) is 0 Å². The van der Waals surface area contributed by atoms with Crippen LogP contribution in [0, 0.1) is 0 Å². The summed E-state index contributed by atoms with van der Waals surface area (Å²) in [6.45, 7) is 3.19. The summed E-state index contributed by atoms with van der Waals surface area (Å²) in [6, 6.07) is 8.15. The number of nitrogens with one attached hydrogen (secondary N) is 2. The quantitative estimate of drug-likeness (QED) is 0.877. The minimum atomic E-state index is 0. The van der Waals surface area contributed by atoms with E-state index in [1.165, 1.54) is 5.56 Å². The predicted octanol–water partition coefficient (Wildman–Crippen LogP) is 2.12. The van der Waals surface area contributed by atoms with E-state index in [-0.39, 0.29) is 18.3 Å². The topological polar surface area (TPSA) is 70.2 Å². The summed E-state index contributed by atoms with van der Waals surface area (Å²) in [7, 11) is 1.67. The van der Waals surface area contributed by atoms with Crippen LogP contribution in [0.15, 0.2) is 24.3 Å². The lowest BCUT2D eigenvalue weighted by molar-refractivity contribution is 0.0783. The highest BCUT2D eigenvalue weighted by atomic mass is 35.5. The molecule has 1 unspecified atom stereocenters. The van der Waals surface area contributed by atoms with Crippen molar-refractivity contribution in [3.8, 4) is 5.75 Å². The highest BCUT2D eigenvalue weighted by molar-refractivity contribution is 5.94. The van der Waals surface area contributed by atoms with Crippen LogP contribution >= 0.6 is 12.4 Å². The lowest BCUT2D eigenvalue weighted by Crippen LogP contribution is -2.31. The number of carbonyl (C=O) groups is 1. The zero-order chi connectivity index (χ0) is 16.5. The molecule has 2 aromatic rings. The van der Waals surface area contributed by atoms with Gasteiger partial charge in [-0.1, -0.05) is 12.1 Å². The second-order valence-electron chi connectivity index (χ2n) is 6.47. The predicted molar refractivity (Wildman–Crippen MR) is 97.5 cm³/mol. The number of likely N-dealkylation sites (tertiary alicyclic amines) is 1. The zero-order valence-corrected chi connectivity index (χ0v) is 15.1. The maximum Gasteiger partial charge on any atom is 0.274 e. The number of aromatic nitrogens is 2. The lowest BCUT2D eigenvalue weighted by Gasteiger charge is -2.18. The number of carbonyl (C=O) groups excluding carboxylic acids is 1. The molecule has 134 valence electrons. The van der Waals surface area contributed by atoms with Crippen LogP contribution in [-0.4, -0.2) is 47.7 Å². The van der Waals surface area contributed by atoms with E-state index in [0.717, 1.165) is 56.0 Å². The maximum atomic E-state index is 12.9. The SMILES string of the molecule is COc1ccc(C2CCN(C(=O)c3n[nH]c4c3CNCC4)C2)cc1.Cl. The molecule has 0 bridgehead atoms.